The zero-order chi connectivity index (χ0) is 30.7. The predicted octanol–water partition coefficient (Wildman–Crippen LogP) is 5.61. The molecule has 0 saturated heterocycles. The summed E-state index contributed by atoms with van der Waals surface area (Å²) in [6, 6.07) is 25.2. The lowest BCUT2D eigenvalue weighted by molar-refractivity contribution is -0.0186. The van der Waals surface area contributed by atoms with Gasteiger partial charge < -0.3 is 29.5 Å². The number of aromatic nitrogens is 1. The minimum absolute atomic E-state index is 0.136. The first-order valence-corrected chi connectivity index (χ1v) is 15.0. The molecule has 0 fully saturated rings. The number of urea groups is 1. The summed E-state index contributed by atoms with van der Waals surface area (Å²) in [7, 11) is 3.69. The van der Waals surface area contributed by atoms with E-state index in [4.69, 9.17) is 4.74 Å². The van der Waals surface area contributed by atoms with Crippen LogP contribution in [0.25, 0.3) is 22.0 Å². The number of carbonyl (C=O) groups excluding carboxylic acids is 2. The van der Waals surface area contributed by atoms with Crippen LogP contribution >= 0.6 is 0 Å². The van der Waals surface area contributed by atoms with Gasteiger partial charge in [-0.1, -0.05) is 79.7 Å². The lowest BCUT2D eigenvalue weighted by atomic mass is 9.96. The van der Waals surface area contributed by atoms with Crippen LogP contribution in [0, 0.1) is 5.92 Å². The summed E-state index contributed by atoms with van der Waals surface area (Å²) in [6.07, 6.45) is -0.366. The Morgan fingerprint density at radius 1 is 1.05 bits per heavy atom. The molecule has 1 aromatic heterocycles. The summed E-state index contributed by atoms with van der Waals surface area (Å²) >= 11 is 0. The molecule has 1 aliphatic rings. The van der Waals surface area contributed by atoms with Gasteiger partial charge in [-0.25, -0.2) is 4.79 Å². The molecule has 0 bridgehead atoms. The molecule has 3 aromatic carbocycles. The summed E-state index contributed by atoms with van der Waals surface area (Å²) in [4.78, 5) is 31.1. The van der Waals surface area contributed by atoms with Crippen molar-refractivity contribution in [1.29, 1.82) is 0 Å². The largest absolute Gasteiger partial charge is 0.394 e. The number of amides is 3. The fourth-order valence-electron chi connectivity index (χ4n) is 6.00. The van der Waals surface area contributed by atoms with E-state index in [9.17, 15) is 14.7 Å². The molecule has 0 aliphatic carbocycles. The molecular formula is C35H42N4O4. The van der Waals surface area contributed by atoms with Crippen molar-refractivity contribution in [3.8, 4) is 11.1 Å². The molecule has 2 N–H and O–H groups in total. The summed E-state index contributed by atoms with van der Waals surface area (Å²) < 4.78 is 8.59. The Labute approximate surface area is 253 Å². The molecule has 0 saturated carbocycles. The molecule has 8 nitrogen and oxygen atoms in total. The number of carbonyl (C=O) groups is 2. The van der Waals surface area contributed by atoms with Crippen molar-refractivity contribution in [3.63, 3.8) is 0 Å². The number of ether oxygens (including phenoxy) is 1. The lowest BCUT2D eigenvalue weighted by Crippen LogP contribution is -2.49. The third-order valence-electron chi connectivity index (χ3n) is 8.67. The average Bonchev–Trinajstić information content (AvgIpc) is 3.32. The van der Waals surface area contributed by atoms with E-state index >= 15 is 0 Å². The maximum atomic E-state index is 14.5. The maximum absolute atomic E-state index is 14.5. The highest BCUT2D eigenvalue weighted by molar-refractivity contribution is 6.10. The number of fused-ring (bicyclic) bond motifs is 5. The third-order valence-corrected chi connectivity index (χ3v) is 8.67. The van der Waals surface area contributed by atoms with Gasteiger partial charge in [0.05, 0.1) is 31.4 Å². The number of aryl methyl sites for hydroxylation is 1. The van der Waals surface area contributed by atoms with Crippen molar-refractivity contribution in [2.45, 2.75) is 45.6 Å². The quantitative estimate of drug-likeness (QED) is 0.310. The van der Waals surface area contributed by atoms with Crippen LogP contribution in [-0.4, -0.2) is 70.3 Å². The van der Waals surface area contributed by atoms with Gasteiger partial charge in [-0.3, -0.25) is 4.79 Å². The number of hydrogen-bond donors (Lipinski definition) is 2. The van der Waals surface area contributed by atoms with Crippen LogP contribution in [0.3, 0.4) is 0 Å². The number of benzene rings is 3. The van der Waals surface area contributed by atoms with Gasteiger partial charge in [0.1, 0.15) is 5.69 Å². The summed E-state index contributed by atoms with van der Waals surface area (Å²) in [6.45, 7) is 6.72. The fraction of sp³-hybridized carbons (Fsp3) is 0.371. The smallest absolute Gasteiger partial charge is 0.317 e. The van der Waals surface area contributed by atoms with Gasteiger partial charge in [-0.05, 0) is 36.6 Å². The van der Waals surface area contributed by atoms with E-state index in [0.29, 0.717) is 25.4 Å². The maximum Gasteiger partial charge on any atom is 0.317 e. The van der Waals surface area contributed by atoms with E-state index in [0.717, 1.165) is 33.2 Å². The first kappa shape index (κ1) is 30.3. The van der Waals surface area contributed by atoms with Crippen molar-refractivity contribution >= 4 is 22.8 Å². The van der Waals surface area contributed by atoms with Gasteiger partial charge in [-0.2, -0.15) is 0 Å². The van der Waals surface area contributed by atoms with E-state index in [-0.39, 0.29) is 36.6 Å². The number of hydrogen-bond acceptors (Lipinski definition) is 4. The summed E-state index contributed by atoms with van der Waals surface area (Å²) in [5, 5.41) is 14.3. The standard InChI is InChI=1S/C35H42N4O4/c1-23-19-39(24(2)21-40)34(41)33-32(29-17-11-12-18-30(29)38(33)5)28-16-10-9-15-27(28)22-43-31(23)20-37(4)35(42)36-25(3)26-13-7-6-8-14-26/h6-18,23-25,31,40H,19-22H2,1-5H3,(H,36,42)/t23-,24-,25+,31-/m1/s1. The van der Waals surface area contributed by atoms with Crippen LogP contribution in [0.4, 0.5) is 4.79 Å². The highest BCUT2D eigenvalue weighted by atomic mass is 16.5. The first-order valence-electron chi connectivity index (χ1n) is 15.0. The highest BCUT2D eigenvalue weighted by Crippen LogP contribution is 2.38. The van der Waals surface area contributed by atoms with Crippen molar-refractivity contribution in [2.24, 2.45) is 13.0 Å². The third kappa shape index (κ3) is 6.17. The highest BCUT2D eigenvalue weighted by Gasteiger charge is 2.34. The minimum atomic E-state index is -0.412. The molecule has 0 unspecified atom stereocenters. The number of aliphatic hydroxyl groups is 1. The molecule has 1 aliphatic heterocycles. The normalized spacial score (nSPS) is 18.7. The van der Waals surface area contributed by atoms with Gasteiger partial charge in [-0.15, -0.1) is 0 Å². The number of para-hydroxylation sites is 1. The van der Waals surface area contributed by atoms with E-state index in [1.54, 1.807) is 16.8 Å². The van der Waals surface area contributed by atoms with E-state index in [1.807, 2.05) is 111 Å². The Balaban J connectivity index is 1.50. The van der Waals surface area contributed by atoms with Gasteiger partial charge in [0.25, 0.3) is 5.91 Å². The average molecular weight is 583 g/mol. The van der Waals surface area contributed by atoms with Crippen molar-refractivity contribution in [3.05, 3.63) is 95.7 Å². The molecule has 226 valence electrons. The van der Waals surface area contributed by atoms with Crippen LogP contribution in [0.1, 0.15) is 48.4 Å². The number of rotatable bonds is 6. The van der Waals surface area contributed by atoms with Crippen molar-refractivity contribution in [2.75, 3.05) is 26.7 Å². The van der Waals surface area contributed by atoms with Crippen LogP contribution in [0.15, 0.2) is 78.9 Å². The SMILES string of the molecule is C[C@H](NC(=O)N(C)C[C@H]1OCc2ccccc2-c2c(n(C)c3ccccc23)C(=O)N([C@H](C)CO)C[C@H]1C)c1ccccc1. The molecule has 8 heteroatoms. The van der Waals surface area contributed by atoms with E-state index in [2.05, 4.69) is 5.32 Å². The molecular weight excluding hydrogens is 540 g/mol. The Bertz CT molecular complexity index is 1580. The number of nitrogens with one attached hydrogen (secondary N) is 1. The number of nitrogens with zero attached hydrogens (tertiary/aromatic N) is 3. The zero-order valence-electron chi connectivity index (χ0n) is 25.7. The van der Waals surface area contributed by atoms with E-state index in [1.165, 1.54) is 0 Å². The topological polar surface area (TPSA) is 87.0 Å². The van der Waals surface area contributed by atoms with Gasteiger partial charge >= 0.3 is 6.03 Å². The molecule has 3 amide bonds. The monoisotopic (exact) mass is 582 g/mol. The molecule has 4 atom stereocenters. The molecule has 0 spiro atoms. The molecule has 0 radical (unpaired) electrons. The zero-order valence-corrected chi connectivity index (χ0v) is 25.7. The van der Waals surface area contributed by atoms with Crippen LogP contribution < -0.4 is 5.32 Å². The second-order valence-electron chi connectivity index (χ2n) is 11.7. The number of aliphatic hydroxyl groups excluding tert-OH is 1. The summed E-state index contributed by atoms with van der Waals surface area (Å²) in [5.74, 6) is -0.275. The Kier molecular flexibility index (Phi) is 9.18. The molecule has 2 heterocycles. The van der Waals surface area contributed by atoms with Crippen LogP contribution in [-0.2, 0) is 18.4 Å². The second kappa shape index (κ2) is 13.0. The Hall–Kier alpha value is -4.14. The second-order valence-corrected chi connectivity index (χ2v) is 11.7. The van der Waals surface area contributed by atoms with Crippen LogP contribution in [0.5, 0.6) is 0 Å². The fourth-order valence-corrected chi connectivity index (χ4v) is 6.00. The van der Waals surface area contributed by atoms with Crippen LogP contribution in [0.2, 0.25) is 0 Å². The lowest BCUT2D eigenvalue weighted by Gasteiger charge is -2.35. The van der Waals surface area contributed by atoms with Gasteiger partial charge in [0.2, 0.25) is 0 Å². The Morgan fingerprint density at radius 3 is 2.47 bits per heavy atom. The Morgan fingerprint density at radius 2 is 1.72 bits per heavy atom. The van der Waals surface area contributed by atoms with Crippen molar-refractivity contribution in [1.82, 2.24) is 19.7 Å². The van der Waals surface area contributed by atoms with Gasteiger partial charge in [0, 0.05) is 49.6 Å². The summed E-state index contributed by atoms with van der Waals surface area (Å²) in [5.41, 5.74) is 5.36. The predicted molar refractivity (Wildman–Crippen MR) is 170 cm³/mol. The van der Waals surface area contributed by atoms with E-state index < -0.39 is 6.04 Å². The number of likely N-dealkylation sites (N-methyl/N-ethyl adjacent to an activating group) is 1. The molecule has 4 aromatic rings. The van der Waals surface area contributed by atoms with Crippen molar-refractivity contribution < 1.29 is 19.4 Å². The molecule has 43 heavy (non-hydrogen) atoms. The van der Waals surface area contributed by atoms with Gasteiger partial charge in [0.15, 0.2) is 0 Å². The minimum Gasteiger partial charge on any atom is -0.394 e. The first-order chi connectivity index (χ1) is 20.7. The molecule has 5 rings (SSSR count).